The van der Waals surface area contributed by atoms with Crippen LogP contribution < -0.4 is 10.1 Å². The number of aryl methyl sites for hydroxylation is 1. The Morgan fingerprint density at radius 2 is 1.95 bits per heavy atom. The molecule has 1 N–H and O–H groups in total. The fourth-order valence-electron chi connectivity index (χ4n) is 2.86. The number of ketones is 1. The van der Waals surface area contributed by atoms with Crippen LogP contribution in [0.2, 0.25) is 0 Å². The molecule has 0 spiro atoms. The van der Waals surface area contributed by atoms with Crippen molar-refractivity contribution in [3.63, 3.8) is 0 Å². The number of Topliss-reactive ketones (excluding diaryl/α,β-unsaturated/α-hetero) is 1. The molecule has 1 aliphatic heterocycles. The Morgan fingerprint density at radius 3 is 2.81 bits per heavy atom. The van der Waals surface area contributed by atoms with Crippen molar-refractivity contribution in [2.75, 3.05) is 12.4 Å². The van der Waals surface area contributed by atoms with Crippen molar-refractivity contribution in [2.24, 2.45) is 0 Å². The fraction of sp³-hybridized carbons (Fsp3) is 0.278. The summed E-state index contributed by atoms with van der Waals surface area (Å²) < 4.78 is 5.27. The number of nitrogens with one attached hydrogen (secondary N) is 1. The monoisotopic (exact) mass is 281 g/mol. The third-order valence-electron chi connectivity index (χ3n) is 3.98. The molecule has 2 aromatic carbocycles. The third kappa shape index (κ3) is 2.92. The second-order valence-electron chi connectivity index (χ2n) is 5.36. The van der Waals surface area contributed by atoms with E-state index in [4.69, 9.17) is 4.74 Å². The summed E-state index contributed by atoms with van der Waals surface area (Å²) in [6.45, 7) is 0. The second-order valence-corrected chi connectivity index (χ2v) is 5.36. The van der Waals surface area contributed by atoms with Gasteiger partial charge in [-0.3, -0.25) is 4.79 Å². The van der Waals surface area contributed by atoms with Crippen LogP contribution in [0.5, 0.6) is 5.75 Å². The van der Waals surface area contributed by atoms with E-state index in [1.165, 1.54) is 5.56 Å². The molecule has 3 nitrogen and oxygen atoms in total. The SMILES string of the molecule is COc1ccccc1C(=O)C[C@H]1CCc2ccccc2N1. The normalized spacial score (nSPS) is 16.7. The molecule has 108 valence electrons. The minimum atomic E-state index is 0.129. The molecular weight excluding hydrogens is 262 g/mol. The lowest BCUT2D eigenvalue weighted by Gasteiger charge is -2.26. The van der Waals surface area contributed by atoms with E-state index < -0.39 is 0 Å². The van der Waals surface area contributed by atoms with Gasteiger partial charge in [-0.1, -0.05) is 30.3 Å². The maximum Gasteiger partial charge on any atom is 0.168 e. The molecule has 0 saturated carbocycles. The Balaban J connectivity index is 1.72. The summed E-state index contributed by atoms with van der Waals surface area (Å²) in [5.41, 5.74) is 3.15. The lowest BCUT2D eigenvalue weighted by Crippen LogP contribution is -2.28. The average molecular weight is 281 g/mol. The highest BCUT2D eigenvalue weighted by molar-refractivity contribution is 5.99. The Bertz CT molecular complexity index is 651. The molecule has 3 heteroatoms. The van der Waals surface area contributed by atoms with Gasteiger partial charge in [0, 0.05) is 18.2 Å². The Labute approximate surface area is 124 Å². The molecule has 2 aromatic rings. The van der Waals surface area contributed by atoms with Crippen molar-refractivity contribution in [2.45, 2.75) is 25.3 Å². The van der Waals surface area contributed by atoms with Crippen LogP contribution in [-0.2, 0) is 6.42 Å². The highest BCUT2D eigenvalue weighted by Crippen LogP contribution is 2.27. The molecule has 1 atom stereocenters. The molecule has 0 amide bonds. The van der Waals surface area contributed by atoms with Gasteiger partial charge in [0.15, 0.2) is 5.78 Å². The number of hydrogen-bond acceptors (Lipinski definition) is 3. The Kier molecular flexibility index (Phi) is 3.91. The summed E-state index contributed by atoms with van der Waals surface area (Å²) in [6, 6.07) is 15.9. The van der Waals surface area contributed by atoms with E-state index in [0.29, 0.717) is 17.7 Å². The second kappa shape index (κ2) is 6.00. The number of rotatable bonds is 4. The third-order valence-corrected chi connectivity index (χ3v) is 3.98. The van der Waals surface area contributed by atoms with Gasteiger partial charge in [0.25, 0.3) is 0 Å². The zero-order valence-electron chi connectivity index (χ0n) is 12.1. The van der Waals surface area contributed by atoms with E-state index in [-0.39, 0.29) is 11.8 Å². The first-order valence-electron chi connectivity index (χ1n) is 7.28. The molecule has 0 fully saturated rings. The van der Waals surface area contributed by atoms with Gasteiger partial charge in [-0.2, -0.15) is 0 Å². The first-order chi connectivity index (χ1) is 10.3. The highest BCUT2D eigenvalue weighted by Gasteiger charge is 2.21. The van der Waals surface area contributed by atoms with Crippen LogP contribution in [-0.4, -0.2) is 18.9 Å². The molecule has 0 unspecified atom stereocenters. The van der Waals surface area contributed by atoms with Gasteiger partial charge in [-0.15, -0.1) is 0 Å². The van der Waals surface area contributed by atoms with Gasteiger partial charge < -0.3 is 10.1 Å². The zero-order valence-corrected chi connectivity index (χ0v) is 12.1. The summed E-state index contributed by atoms with van der Waals surface area (Å²) in [4.78, 5) is 12.5. The summed E-state index contributed by atoms with van der Waals surface area (Å²) >= 11 is 0. The summed E-state index contributed by atoms with van der Waals surface area (Å²) in [5.74, 6) is 0.781. The number of para-hydroxylation sites is 2. The lowest BCUT2D eigenvalue weighted by molar-refractivity contribution is 0.0972. The van der Waals surface area contributed by atoms with Crippen LogP contribution in [0.1, 0.15) is 28.8 Å². The number of ether oxygens (including phenoxy) is 1. The van der Waals surface area contributed by atoms with E-state index >= 15 is 0 Å². The van der Waals surface area contributed by atoms with Gasteiger partial charge in [0.2, 0.25) is 0 Å². The number of carbonyl (C=O) groups excluding carboxylic acids is 1. The predicted molar refractivity (Wildman–Crippen MR) is 84.1 cm³/mol. The number of anilines is 1. The maximum atomic E-state index is 12.5. The van der Waals surface area contributed by atoms with Gasteiger partial charge in [0.05, 0.1) is 12.7 Å². The van der Waals surface area contributed by atoms with Crippen LogP contribution >= 0.6 is 0 Å². The topological polar surface area (TPSA) is 38.3 Å². The molecule has 0 aliphatic carbocycles. The molecule has 1 heterocycles. The molecular formula is C18H19NO2. The number of methoxy groups -OCH3 is 1. The van der Waals surface area contributed by atoms with Crippen molar-refractivity contribution in [1.82, 2.24) is 0 Å². The molecule has 21 heavy (non-hydrogen) atoms. The van der Waals surface area contributed by atoms with Crippen LogP contribution in [0.3, 0.4) is 0 Å². The van der Waals surface area contributed by atoms with Gasteiger partial charge in [-0.05, 0) is 36.6 Å². The smallest absolute Gasteiger partial charge is 0.168 e. The van der Waals surface area contributed by atoms with Crippen molar-refractivity contribution in [3.8, 4) is 5.75 Å². The van der Waals surface area contributed by atoms with Crippen LogP contribution in [0, 0.1) is 0 Å². The quantitative estimate of drug-likeness (QED) is 0.868. The Hall–Kier alpha value is -2.29. The van der Waals surface area contributed by atoms with Crippen LogP contribution in [0.4, 0.5) is 5.69 Å². The molecule has 0 aromatic heterocycles. The van der Waals surface area contributed by atoms with Gasteiger partial charge in [-0.25, -0.2) is 0 Å². The van der Waals surface area contributed by atoms with E-state index in [1.54, 1.807) is 7.11 Å². The van der Waals surface area contributed by atoms with Crippen molar-refractivity contribution in [3.05, 3.63) is 59.7 Å². The minimum Gasteiger partial charge on any atom is -0.496 e. The van der Waals surface area contributed by atoms with E-state index in [2.05, 4.69) is 23.5 Å². The molecule has 0 bridgehead atoms. The Morgan fingerprint density at radius 1 is 1.19 bits per heavy atom. The van der Waals surface area contributed by atoms with Gasteiger partial charge >= 0.3 is 0 Å². The maximum absolute atomic E-state index is 12.5. The molecule has 0 saturated heterocycles. The molecule has 1 aliphatic rings. The minimum absolute atomic E-state index is 0.129. The van der Waals surface area contributed by atoms with Crippen molar-refractivity contribution >= 4 is 11.5 Å². The largest absolute Gasteiger partial charge is 0.496 e. The zero-order chi connectivity index (χ0) is 14.7. The van der Waals surface area contributed by atoms with E-state index in [1.807, 2.05) is 30.3 Å². The molecule has 0 radical (unpaired) electrons. The standard InChI is InChI=1S/C18H19NO2/c1-21-18-9-5-3-7-15(18)17(20)12-14-11-10-13-6-2-4-8-16(13)19-14/h2-9,14,19H,10-12H2,1H3/t14-/m1/s1. The number of benzene rings is 2. The predicted octanol–water partition coefficient (Wildman–Crippen LogP) is 3.69. The first kappa shape index (κ1) is 13.7. The van der Waals surface area contributed by atoms with E-state index in [9.17, 15) is 4.79 Å². The number of carbonyl (C=O) groups is 1. The first-order valence-corrected chi connectivity index (χ1v) is 7.28. The highest BCUT2D eigenvalue weighted by atomic mass is 16.5. The van der Waals surface area contributed by atoms with Crippen LogP contribution in [0.15, 0.2) is 48.5 Å². The van der Waals surface area contributed by atoms with E-state index in [0.717, 1.165) is 18.5 Å². The summed E-state index contributed by atoms with van der Waals surface area (Å²) in [5, 5.41) is 3.47. The fourth-order valence-corrected chi connectivity index (χ4v) is 2.86. The van der Waals surface area contributed by atoms with Crippen molar-refractivity contribution in [1.29, 1.82) is 0 Å². The average Bonchev–Trinajstić information content (AvgIpc) is 2.54. The molecule has 3 rings (SSSR count). The van der Waals surface area contributed by atoms with Crippen molar-refractivity contribution < 1.29 is 9.53 Å². The van der Waals surface area contributed by atoms with Gasteiger partial charge in [0.1, 0.15) is 5.75 Å². The lowest BCUT2D eigenvalue weighted by atomic mass is 9.93. The van der Waals surface area contributed by atoms with Crippen LogP contribution in [0.25, 0.3) is 0 Å². The number of hydrogen-bond donors (Lipinski definition) is 1. The summed E-state index contributed by atoms with van der Waals surface area (Å²) in [6.07, 6.45) is 2.50. The number of fused-ring (bicyclic) bond motifs is 1. The summed E-state index contributed by atoms with van der Waals surface area (Å²) in [7, 11) is 1.60.